The van der Waals surface area contributed by atoms with Gasteiger partial charge in [0.25, 0.3) is 0 Å². The number of aliphatic hydroxyl groups is 1. The second kappa shape index (κ2) is 13.9. The third-order valence-electron chi connectivity index (χ3n) is 6.90. The van der Waals surface area contributed by atoms with E-state index in [1.54, 1.807) is 7.11 Å². The summed E-state index contributed by atoms with van der Waals surface area (Å²) in [5, 5.41) is 15.2. The van der Waals surface area contributed by atoms with Crippen molar-refractivity contribution in [3.05, 3.63) is 58.1 Å². The average Bonchev–Trinajstić information content (AvgIpc) is 2.83. The van der Waals surface area contributed by atoms with Gasteiger partial charge in [-0.15, -0.1) is 24.8 Å². The molecule has 2 aromatic carbocycles. The molecule has 1 atom stereocenters. The first kappa shape index (κ1) is 29.2. The van der Waals surface area contributed by atoms with E-state index in [1.807, 2.05) is 18.2 Å². The average molecular weight is 576 g/mol. The number of nitrogens with one attached hydrogen (secondary N) is 1. The highest BCUT2D eigenvalue weighted by molar-refractivity contribution is 9.10. The van der Waals surface area contributed by atoms with Crippen molar-refractivity contribution in [2.45, 2.75) is 50.2 Å². The van der Waals surface area contributed by atoms with Crippen molar-refractivity contribution in [1.82, 2.24) is 10.2 Å². The van der Waals surface area contributed by atoms with Gasteiger partial charge in [0.2, 0.25) is 0 Å². The van der Waals surface area contributed by atoms with Gasteiger partial charge in [-0.2, -0.15) is 0 Å². The molecule has 4 rings (SSSR count). The normalized spacial score (nSPS) is 18.8. The van der Waals surface area contributed by atoms with Gasteiger partial charge in [-0.25, -0.2) is 0 Å². The molecule has 5 nitrogen and oxygen atoms in total. The highest BCUT2D eigenvalue weighted by atomic mass is 79.9. The van der Waals surface area contributed by atoms with Crippen molar-refractivity contribution in [2.24, 2.45) is 0 Å². The van der Waals surface area contributed by atoms with Crippen molar-refractivity contribution < 1.29 is 14.6 Å². The zero-order valence-corrected chi connectivity index (χ0v) is 23.0. The van der Waals surface area contributed by atoms with Gasteiger partial charge in [-0.1, -0.05) is 49.6 Å². The molecule has 2 aliphatic rings. The number of halogens is 3. The molecule has 1 unspecified atom stereocenters. The van der Waals surface area contributed by atoms with E-state index >= 15 is 0 Å². The number of rotatable bonds is 8. The molecule has 2 N–H and O–H groups in total. The number of nitrogens with zero attached hydrogens (tertiary/aromatic N) is 1. The lowest BCUT2D eigenvalue weighted by molar-refractivity contribution is -0.0317. The van der Waals surface area contributed by atoms with Crippen LogP contribution in [0.4, 0.5) is 0 Å². The number of hydrogen-bond acceptors (Lipinski definition) is 5. The summed E-state index contributed by atoms with van der Waals surface area (Å²) in [5.41, 5.74) is 1.54. The standard InChI is InChI=1S/C26H35BrN2O3.2ClH/c1-31-24-17-21(16-23(27)25(24)32-19-20-8-4-2-5-9-20)22(18-29-14-12-28-13-15-29)26(30)10-6-3-7-11-26;;/h2,4-5,8-9,16-17,22,28,30H,3,6-7,10-15,18-19H2,1H3;2*1H. The molecule has 1 heterocycles. The van der Waals surface area contributed by atoms with Crippen molar-refractivity contribution in [1.29, 1.82) is 0 Å². The Kier molecular flexibility index (Phi) is 11.9. The summed E-state index contributed by atoms with van der Waals surface area (Å²) in [7, 11) is 1.68. The largest absolute Gasteiger partial charge is 0.493 e. The van der Waals surface area contributed by atoms with Crippen LogP contribution in [0.15, 0.2) is 46.9 Å². The predicted octanol–water partition coefficient (Wildman–Crippen LogP) is 5.56. The topological polar surface area (TPSA) is 54.0 Å². The van der Waals surface area contributed by atoms with Crippen molar-refractivity contribution in [3.8, 4) is 11.5 Å². The van der Waals surface area contributed by atoms with Crippen LogP contribution in [-0.4, -0.2) is 55.4 Å². The molecule has 0 spiro atoms. The van der Waals surface area contributed by atoms with Crippen molar-refractivity contribution in [2.75, 3.05) is 39.8 Å². The van der Waals surface area contributed by atoms with Gasteiger partial charge in [-0.3, -0.25) is 0 Å². The molecule has 0 radical (unpaired) electrons. The molecule has 0 aromatic heterocycles. The number of methoxy groups -OCH3 is 1. The van der Waals surface area contributed by atoms with E-state index in [9.17, 15) is 5.11 Å². The Labute approximate surface area is 224 Å². The zero-order chi connectivity index (χ0) is 22.4. The van der Waals surface area contributed by atoms with E-state index < -0.39 is 5.60 Å². The first-order chi connectivity index (χ1) is 15.6. The smallest absolute Gasteiger partial charge is 0.175 e. The van der Waals surface area contributed by atoms with E-state index in [-0.39, 0.29) is 30.7 Å². The zero-order valence-electron chi connectivity index (χ0n) is 19.8. The van der Waals surface area contributed by atoms with Gasteiger partial charge < -0.3 is 24.8 Å². The maximum absolute atomic E-state index is 11.8. The fourth-order valence-corrected chi connectivity index (χ4v) is 5.63. The molecule has 0 amide bonds. The van der Waals surface area contributed by atoms with Crippen LogP contribution in [0.1, 0.15) is 49.1 Å². The number of piperazine rings is 1. The first-order valence-electron chi connectivity index (χ1n) is 11.8. The van der Waals surface area contributed by atoms with E-state index in [4.69, 9.17) is 9.47 Å². The van der Waals surface area contributed by atoms with Crippen LogP contribution < -0.4 is 14.8 Å². The Morgan fingerprint density at radius 1 is 1.06 bits per heavy atom. The molecule has 2 fully saturated rings. The van der Waals surface area contributed by atoms with Gasteiger partial charge in [0.1, 0.15) is 6.61 Å². The Hall–Kier alpha value is -1.02. The maximum atomic E-state index is 11.8. The fourth-order valence-electron chi connectivity index (χ4n) is 5.06. The molecule has 1 aliphatic carbocycles. The van der Waals surface area contributed by atoms with Gasteiger partial charge >= 0.3 is 0 Å². The quantitative estimate of drug-likeness (QED) is 0.431. The lowest BCUT2D eigenvalue weighted by Gasteiger charge is -2.42. The molecule has 8 heteroatoms. The van der Waals surface area contributed by atoms with Crippen LogP contribution in [0.2, 0.25) is 0 Å². The van der Waals surface area contributed by atoms with E-state index in [2.05, 4.69) is 50.4 Å². The Bertz CT molecular complexity index is 876. The van der Waals surface area contributed by atoms with Crippen LogP contribution in [0.5, 0.6) is 11.5 Å². The maximum Gasteiger partial charge on any atom is 0.175 e. The van der Waals surface area contributed by atoms with Gasteiger partial charge in [-0.05, 0) is 52.0 Å². The van der Waals surface area contributed by atoms with Gasteiger partial charge in [0.05, 0.1) is 17.2 Å². The Morgan fingerprint density at radius 3 is 2.38 bits per heavy atom. The van der Waals surface area contributed by atoms with Crippen LogP contribution in [0.25, 0.3) is 0 Å². The summed E-state index contributed by atoms with van der Waals surface area (Å²) in [5.74, 6) is 1.45. The summed E-state index contributed by atoms with van der Waals surface area (Å²) in [4.78, 5) is 2.48. The summed E-state index contributed by atoms with van der Waals surface area (Å²) in [6.07, 6.45) is 5.10. The predicted molar refractivity (Wildman–Crippen MR) is 146 cm³/mol. The van der Waals surface area contributed by atoms with Gasteiger partial charge in [0, 0.05) is 38.6 Å². The lowest BCUT2D eigenvalue weighted by Crippen LogP contribution is -2.49. The number of hydrogen-bond donors (Lipinski definition) is 2. The number of ether oxygens (including phenoxy) is 2. The minimum Gasteiger partial charge on any atom is -0.493 e. The molecular weight excluding hydrogens is 539 g/mol. The summed E-state index contributed by atoms with van der Waals surface area (Å²) in [6, 6.07) is 14.3. The highest BCUT2D eigenvalue weighted by Crippen LogP contribution is 2.45. The fraction of sp³-hybridized carbons (Fsp3) is 0.538. The van der Waals surface area contributed by atoms with Crippen LogP contribution >= 0.6 is 40.7 Å². The third-order valence-corrected chi connectivity index (χ3v) is 7.49. The summed E-state index contributed by atoms with van der Waals surface area (Å²) in [6.45, 7) is 5.38. The van der Waals surface area contributed by atoms with Crippen molar-refractivity contribution in [3.63, 3.8) is 0 Å². The molecule has 1 saturated carbocycles. The second-order valence-corrected chi connectivity index (χ2v) is 9.93. The Morgan fingerprint density at radius 2 is 1.74 bits per heavy atom. The van der Waals surface area contributed by atoms with Crippen molar-refractivity contribution >= 4 is 40.7 Å². The molecule has 0 bridgehead atoms. The first-order valence-corrected chi connectivity index (χ1v) is 12.6. The van der Waals surface area contributed by atoms with Gasteiger partial charge in [0.15, 0.2) is 11.5 Å². The second-order valence-electron chi connectivity index (χ2n) is 9.08. The lowest BCUT2D eigenvalue weighted by atomic mass is 9.72. The summed E-state index contributed by atoms with van der Waals surface area (Å²) < 4.78 is 12.8. The third kappa shape index (κ3) is 7.25. The van der Waals surface area contributed by atoms with E-state index in [1.165, 1.54) is 6.42 Å². The molecule has 2 aromatic rings. The minimum absolute atomic E-state index is 0. The molecule has 1 saturated heterocycles. The molecule has 1 aliphatic heterocycles. The van der Waals surface area contributed by atoms with E-state index in [0.717, 1.165) is 74.0 Å². The minimum atomic E-state index is -0.681. The number of benzene rings is 2. The monoisotopic (exact) mass is 574 g/mol. The molecule has 190 valence electrons. The van der Waals surface area contributed by atoms with Crippen LogP contribution in [0.3, 0.4) is 0 Å². The highest BCUT2D eigenvalue weighted by Gasteiger charge is 2.40. The Balaban J connectivity index is 0.00000204. The van der Waals surface area contributed by atoms with Crippen LogP contribution in [0, 0.1) is 0 Å². The molecule has 34 heavy (non-hydrogen) atoms. The SMILES string of the molecule is COc1cc(C(CN2CCNCC2)C2(O)CCCCC2)cc(Br)c1OCc1ccccc1.Cl.Cl. The molecular formula is C26H37BrCl2N2O3. The van der Waals surface area contributed by atoms with E-state index in [0.29, 0.717) is 18.1 Å². The van der Waals surface area contributed by atoms with Crippen LogP contribution in [-0.2, 0) is 6.61 Å². The summed E-state index contributed by atoms with van der Waals surface area (Å²) >= 11 is 3.74.